The van der Waals surface area contributed by atoms with E-state index in [0.29, 0.717) is 12.2 Å². The van der Waals surface area contributed by atoms with Crippen molar-refractivity contribution >= 4 is 17.7 Å². The van der Waals surface area contributed by atoms with Gasteiger partial charge in [0.25, 0.3) is 0 Å². The zero-order valence-electron chi connectivity index (χ0n) is 13.1. The second-order valence-corrected chi connectivity index (χ2v) is 5.27. The summed E-state index contributed by atoms with van der Waals surface area (Å²) in [7, 11) is 0. The summed E-state index contributed by atoms with van der Waals surface area (Å²) >= 11 is 0. The van der Waals surface area contributed by atoms with E-state index in [9.17, 15) is 13.6 Å². The molecule has 0 unspecified atom stereocenters. The van der Waals surface area contributed by atoms with Gasteiger partial charge < -0.3 is 5.32 Å². The molecular formula is C18H14F2N4O. The minimum atomic E-state index is -0.711. The summed E-state index contributed by atoms with van der Waals surface area (Å²) in [5.74, 6) is -1.94. The highest BCUT2D eigenvalue weighted by Gasteiger charge is 2.06. The van der Waals surface area contributed by atoms with E-state index in [1.807, 2.05) is 30.3 Å². The molecule has 1 amide bonds. The highest BCUT2D eigenvalue weighted by molar-refractivity contribution is 6.01. The number of nitrogens with zero attached hydrogens (tertiary/aromatic N) is 3. The second-order valence-electron chi connectivity index (χ2n) is 5.27. The van der Waals surface area contributed by atoms with Crippen LogP contribution in [0.25, 0.3) is 6.08 Å². The van der Waals surface area contributed by atoms with Crippen LogP contribution in [0.2, 0.25) is 0 Å². The molecule has 0 saturated heterocycles. The number of amides is 1. The van der Waals surface area contributed by atoms with Crippen LogP contribution < -0.4 is 5.32 Å². The SMILES string of the molecule is O=C(/C=C/c1cn(Cc2ccccc2)nn1)Nc1cc(F)ccc1F. The van der Waals surface area contributed by atoms with Crippen LogP contribution >= 0.6 is 0 Å². The molecule has 2 aromatic carbocycles. The summed E-state index contributed by atoms with van der Waals surface area (Å²) in [6.07, 6.45) is 4.31. The number of carbonyl (C=O) groups excluding carboxylic acids is 1. The molecular weight excluding hydrogens is 326 g/mol. The Bertz CT molecular complexity index is 906. The number of benzene rings is 2. The predicted molar refractivity (Wildman–Crippen MR) is 89.6 cm³/mol. The van der Waals surface area contributed by atoms with Crippen molar-refractivity contribution in [2.24, 2.45) is 0 Å². The third kappa shape index (κ3) is 4.57. The summed E-state index contributed by atoms with van der Waals surface area (Å²) in [5, 5.41) is 10.2. The van der Waals surface area contributed by atoms with Gasteiger partial charge in [-0.2, -0.15) is 0 Å². The fourth-order valence-electron chi connectivity index (χ4n) is 2.17. The minimum absolute atomic E-state index is 0.220. The molecule has 0 aliphatic carbocycles. The summed E-state index contributed by atoms with van der Waals surface area (Å²) < 4.78 is 28.2. The predicted octanol–water partition coefficient (Wildman–Crippen LogP) is 3.26. The lowest BCUT2D eigenvalue weighted by Gasteiger charge is -2.03. The van der Waals surface area contributed by atoms with E-state index >= 15 is 0 Å². The molecule has 0 fully saturated rings. The number of nitrogens with one attached hydrogen (secondary N) is 1. The highest BCUT2D eigenvalue weighted by atomic mass is 19.1. The van der Waals surface area contributed by atoms with E-state index in [0.717, 1.165) is 23.8 Å². The third-order valence-corrected chi connectivity index (χ3v) is 3.34. The Kier molecular flexibility index (Phi) is 4.94. The first-order valence-corrected chi connectivity index (χ1v) is 7.48. The van der Waals surface area contributed by atoms with E-state index in [1.165, 1.54) is 12.2 Å². The van der Waals surface area contributed by atoms with E-state index in [4.69, 9.17) is 0 Å². The minimum Gasteiger partial charge on any atom is -0.320 e. The van der Waals surface area contributed by atoms with Crippen LogP contribution in [0.15, 0.2) is 60.8 Å². The molecule has 0 spiro atoms. The van der Waals surface area contributed by atoms with E-state index in [2.05, 4.69) is 15.6 Å². The van der Waals surface area contributed by atoms with Gasteiger partial charge >= 0.3 is 0 Å². The van der Waals surface area contributed by atoms with Crippen molar-refractivity contribution in [2.45, 2.75) is 6.54 Å². The average molecular weight is 340 g/mol. The van der Waals surface area contributed by atoms with Crippen LogP contribution in [0.3, 0.4) is 0 Å². The lowest BCUT2D eigenvalue weighted by Crippen LogP contribution is -2.09. The highest BCUT2D eigenvalue weighted by Crippen LogP contribution is 2.15. The zero-order chi connectivity index (χ0) is 17.6. The maximum absolute atomic E-state index is 13.5. The second kappa shape index (κ2) is 7.48. The number of aromatic nitrogens is 3. The summed E-state index contributed by atoms with van der Waals surface area (Å²) in [6.45, 7) is 0.558. The molecule has 126 valence electrons. The fourth-order valence-corrected chi connectivity index (χ4v) is 2.17. The first-order valence-electron chi connectivity index (χ1n) is 7.48. The largest absolute Gasteiger partial charge is 0.320 e. The van der Waals surface area contributed by atoms with Crippen LogP contribution in [0, 0.1) is 11.6 Å². The molecule has 0 bridgehead atoms. The van der Waals surface area contributed by atoms with Crippen molar-refractivity contribution in [1.29, 1.82) is 0 Å². The lowest BCUT2D eigenvalue weighted by atomic mass is 10.2. The van der Waals surface area contributed by atoms with Crippen LogP contribution in [-0.2, 0) is 11.3 Å². The van der Waals surface area contributed by atoms with Crippen molar-refractivity contribution in [3.05, 3.63) is 83.7 Å². The lowest BCUT2D eigenvalue weighted by molar-refractivity contribution is -0.111. The summed E-state index contributed by atoms with van der Waals surface area (Å²) in [6, 6.07) is 12.6. The maximum Gasteiger partial charge on any atom is 0.248 e. The zero-order valence-corrected chi connectivity index (χ0v) is 13.1. The monoisotopic (exact) mass is 340 g/mol. The normalized spacial score (nSPS) is 11.0. The van der Waals surface area contributed by atoms with E-state index < -0.39 is 17.5 Å². The number of hydrogen-bond donors (Lipinski definition) is 1. The molecule has 5 nitrogen and oxygen atoms in total. The van der Waals surface area contributed by atoms with Gasteiger partial charge in [0, 0.05) is 12.1 Å². The molecule has 7 heteroatoms. The molecule has 1 heterocycles. The Balaban J connectivity index is 1.62. The first kappa shape index (κ1) is 16.5. The van der Waals surface area contributed by atoms with Crippen molar-refractivity contribution in [1.82, 2.24) is 15.0 Å². The maximum atomic E-state index is 13.5. The Labute approximate surface area is 142 Å². The molecule has 0 saturated carbocycles. The number of hydrogen-bond acceptors (Lipinski definition) is 3. The summed E-state index contributed by atoms with van der Waals surface area (Å²) in [5.41, 5.74) is 1.33. The number of rotatable bonds is 5. The van der Waals surface area contributed by atoms with Gasteiger partial charge in [-0.3, -0.25) is 4.79 Å². The standard InChI is InChI=1S/C18H14F2N4O/c19-14-6-8-16(20)17(10-14)21-18(25)9-7-15-12-24(23-22-15)11-13-4-2-1-3-5-13/h1-10,12H,11H2,(H,21,25)/b9-7+. The Morgan fingerprint density at radius 1 is 1.16 bits per heavy atom. The Morgan fingerprint density at radius 2 is 1.96 bits per heavy atom. The van der Waals surface area contributed by atoms with Gasteiger partial charge in [0.15, 0.2) is 0 Å². The summed E-state index contributed by atoms with van der Waals surface area (Å²) in [4.78, 5) is 11.8. The van der Waals surface area contributed by atoms with Crippen molar-refractivity contribution in [2.75, 3.05) is 5.32 Å². The van der Waals surface area contributed by atoms with Crippen LogP contribution in [0.5, 0.6) is 0 Å². The quantitative estimate of drug-likeness (QED) is 0.725. The Hall–Kier alpha value is -3.35. The van der Waals surface area contributed by atoms with Crippen LogP contribution in [0.4, 0.5) is 14.5 Å². The van der Waals surface area contributed by atoms with Gasteiger partial charge in [0.1, 0.15) is 17.3 Å². The molecule has 0 atom stereocenters. The average Bonchev–Trinajstić information content (AvgIpc) is 3.05. The van der Waals surface area contributed by atoms with Crippen molar-refractivity contribution in [3.63, 3.8) is 0 Å². The van der Waals surface area contributed by atoms with Gasteiger partial charge in [-0.05, 0) is 23.8 Å². The molecule has 25 heavy (non-hydrogen) atoms. The van der Waals surface area contributed by atoms with Gasteiger partial charge in [0.2, 0.25) is 5.91 Å². The Morgan fingerprint density at radius 3 is 2.76 bits per heavy atom. The third-order valence-electron chi connectivity index (χ3n) is 3.34. The first-order chi connectivity index (χ1) is 12.1. The topological polar surface area (TPSA) is 59.8 Å². The molecule has 3 rings (SSSR count). The van der Waals surface area contributed by atoms with Gasteiger partial charge in [-0.15, -0.1) is 5.10 Å². The number of carbonyl (C=O) groups is 1. The van der Waals surface area contributed by atoms with Crippen molar-refractivity contribution < 1.29 is 13.6 Å². The van der Waals surface area contributed by atoms with Gasteiger partial charge in [0.05, 0.1) is 18.4 Å². The fraction of sp³-hybridized carbons (Fsp3) is 0.0556. The molecule has 0 aliphatic heterocycles. The van der Waals surface area contributed by atoms with E-state index in [-0.39, 0.29) is 5.69 Å². The number of halogens is 2. The van der Waals surface area contributed by atoms with Gasteiger partial charge in [-0.1, -0.05) is 35.5 Å². The smallest absolute Gasteiger partial charge is 0.248 e. The van der Waals surface area contributed by atoms with Gasteiger partial charge in [-0.25, -0.2) is 13.5 Å². The van der Waals surface area contributed by atoms with Crippen LogP contribution in [-0.4, -0.2) is 20.9 Å². The molecule has 1 aromatic heterocycles. The van der Waals surface area contributed by atoms with Crippen LogP contribution in [0.1, 0.15) is 11.3 Å². The molecule has 3 aromatic rings. The molecule has 0 aliphatic rings. The van der Waals surface area contributed by atoms with Crippen molar-refractivity contribution in [3.8, 4) is 0 Å². The molecule has 0 radical (unpaired) electrons. The number of anilines is 1. The van der Waals surface area contributed by atoms with E-state index in [1.54, 1.807) is 10.9 Å². The molecule has 1 N–H and O–H groups in total.